The summed E-state index contributed by atoms with van der Waals surface area (Å²) in [5.41, 5.74) is 1.95. The number of carbonyl (C=O) groups excluding carboxylic acids is 1. The van der Waals surface area contributed by atoms with Crippen molar-refractivity contribution in [1.29, 1.82) is 0 Å². The number of hydrogen-bond donors (Lipinski definition) is 2. The fourth-order valence-electron chi connectivity index (χ4n) is 1.86. The van der Waals surface area contributed by atoms with Crippen molar-refractivity contribution in [3.63, 3.8) is 0 Å². The summed E-state index contributed by atoms with van der Waals surface area (Å²) < 4.78 is 5.94. The van der Waals surface area contributed by atoms with Gasteiger partial charge in [0.15, 0.2) is 0 Å². The maximum absolute atomic E-state index is 12.3. The standard InChI is InChI=1S/C15H16BrN3O2/c1-3-18-13-6-7-17-9-11(13)15(20)19-10-4-5-14(21-2)12(16)8-10/h4-9H,3H2,1-2H3,(H,17,18)(H,19,20). The number of benzene rings is 1. The van der Waals surface area contributed by atoms with E-state index in [1.807, 2.05) is 6.92 Å². The van der Waals surface area contributed by atoms with Crippen LogP contribution in [0, 0.1) is 0 Å². The first kappa shape index (κ1) is 15.3. The number of amides is 1. The summed E-state index contributed by atoms with van der Waals surface area (Å²) in [6, 6.07) is 7.14. The molecule has 5 nitrogen and oxygen atoms in total. The lowest BCUT2D eigenvalue weighted by atomic mass is 10.2. The Bertz CT molecular complexity index is 647. The number of carbonyl (C=O) groups is 1. The largest absolute Gasteiger partial charge is 0.496 e. The Morgan fingerprint density at radius 2 is 2.19 bits per heavy atom. The summed E-state index contributed by atoms with van der Waals surface area (Å²) in [5, 5.41) is 5.99. The Kier molecular flexibility index (Phi) is 5.16. The summed E-state index contributed by atoms with van der Waals surface area (Å²) in [5.74, 6) is 0.499. The van der Waals surface area contributed by atoms with Gasteiger partial charge in [-0.05, 0) is 47.1 Å². The van der Waals surface area contributed by atoms with E-state index in [9.17, 15) is 4.79 Å². The van der Waals surface area contributed by atoms with Crippen molar-refractivity contribution in [3.05, 3.63) is 46.7 Å². The maximum atomic E-state index is 12.3. The quantitative estimate of drug-likeness (QED) is 0.866. The summed E-state index contributed by atoms with van der Waals surface area (Å²) in [4.78, 5) is 16.3. The van der Waals surface area contributed by atoms with Gasteiger partial charge in [0.2, 0.25) is 0 Å². The van der Waals surface area contributed by atoms with Gasteiger partial charge in [-0.2, -0.15) is 0 Å². The lowest BCUT2D eigenvalue weighted by Crippen LogP contribution is -2.15. The number of anilines is 2. The molecule has 0 unspecified atom stereocenters. The summed E-state index contributed by atoms with van der Waals surface area (Å²) >= 11 is 3.39. The summed E-state index contributed by atoms with van der Waals surface area (Å²) in [7, 11) is 1.59. The topological polar surface area (TPSA) is 63.2 Å². The zero-order valence-corrected chi connectivity index (χ0v) is 13.4. The number of pyridine rings is 1. The first-order valence-corrected chi connectivity index (χ1v) is 7.27. The van der Waals surface area contributed by atoms with Crippen molar-refractivity contribution < 1.29 is 9.53 Å². The highest BCUT2D eigenvalue weighted by atomic mass is 79.9. The molecule has 1 heterocycles. The lowest BCUT2D eigenvalue weighted by Gasteiger charge is -2.11. The zero-order chi connectivity index (χ0) is 15.2. The van der Waals surface area contributed by atoms with Crippen molar-refractivity contribution >= 4 is 33.2 Å². The third-order valence-electron chi connectivity index (χ3n) is 2.84. The molecule has 1 amide bonds. The molecule has 0 fully saturated rings. The van der Waals surface area contributed by atoms with Crippen LogP contribution in [0.1, 0.15) is 17.3 Å². The minimum absolute atomic E-state index is 0.212. The maximum Gasteiger partial charge on any atom is 0.259 e. The normalized spacial score (nSPS) is 10.0. The molecule has 0 saturated heterocycles. The van der Waals surface area contributed by atoms with Gasteiger partial charge in [-0.15, -0.1) is 0 Å². The Balaban J connectivity index is 2.20. The van der Waals surface area contributed by atoms with E-state index in [1.54, 1.807) is 43.8 Å². The molecule has 0 aliphatic rings. The van der Waals surface area contributed by atoms with Crippen LogP contribution in [-0.2, 0) is 0 Å². The molecular formula is C15H16BrN3O2. The molecule has 110 valence electrons. The summed E-state index contributed by atoms with van der Waals surface area (Å²) in [6.45, 7) is 2.71. The third kappa shape index (κ3) is 3.72. The average Bonchev–Trinajstić information content (AvgIpc) is 2.48. The molecule has 0 spiro atoms. The van der Waals surface area contributed by atoms with Crippen molar-refractivity contribution in [2.75, 3.05) is 24.3 Å². The number of halogens is 1. The molecule has 0 aliphatic heterocycles. The molecule has 0 saturated carbocycles. The first-order chi connectivity index (χ1) is 10.2. The van der Waals surface area contributed by atoms with Gasteiger partial charge in [-0.1, -0.05) is 0 Å². The molecule has 6 heteroatoms. The number of aromatic nitrogens is 1. The highest BCUT2D eigenvalue weighted by Gasteiger charge is 2.12. The number of hydrogen-bond acceptors (Lipinski definition) is 4. The van der Waals surface area contributed by atoms with Crippen LogP contribution >= 0.6 is 15.9 Å². The van der Waals surface area contributed by atoms with E-state index in [4.69, 9.17) is 4.74 Å². The van der Waals surface area contributed by atoms with E-state index in [0.717, 1.165) is 16.7 Å². The van der Waals surface area contributed by atoms with Crippen LogP contribution in [0.4, 0.5) is 11.4 Å². The third-order valence-corrected chi connectivity index (χ3v) is 3.46. The number of nitrogens with one attached hydrogen (secondary N) is 2. The molecule has 0 atom stereocenters. The second-order valence-electron chi connectivity index (χ2n) is 4.26. The molecule has 0 bridgehead atoms. The van der Waals surface area contributed by atoms with Gasteiger partial charge in [-0.3, -0.25) is 9.78 Å². The van der Waals surface area contributed by atoms with E-state index < -0.39 is 0 Å². The van der Waals surface area contributed by atoms with Crippen molar-refractivity contribution in [3.8, 4) is 5.75 Å². The van der Waals surface area contributed by atoms with Gasteiger partial charge in [0.05, 0.1) is 22.8 Å². The van der Waals surface area contributed by atoms with Crippen LogP contribution in [0.5, 0.6) is 5.75 Å². The van der Waals surface area contributed by atoms with Crippen LogP contribution in [0.2, 0.25) is 0 Å². The second-order valence-corrected chi connectivity index (χ2v) is 5.11. The molecule has 2 N–H and O–H groups in total. The van der Waals surface area contributed by atoms with E-state index in [2.05, 4.69) is 31.5 Å². The Labute approximate surface area is 131 Å². The zero-order valence-electron chi connectivity index (χ0n) is 11.8. The number of methoxy groups -OCH3 is 1. The highest BCUT2D eigenvalue weighted by Crippen LogP contribution is 2.28. The fourth-order valence-corrected chi connectivity index (χ4v) is 2.40. The lowest BCUT2D eigenvalue weighted by molar-refractivity contribution is 0.102. The summed E-state index contributed by atoms with van der Waals surface area (Å²) in [6.07, 6.45) is 3.20. The molecule has 1 aromatic heterocycles. The molecule has 21 heavy (non-hydrogen) atoms. The van der Waals surface area contributed by atoms with Crippen LogP contribution in [0.25, 0.3) is 0 Å². The van der Waals surface area contributed by atoms with Crippen molar-refractivity contribution in [2.24, 2.45) is 0 Å². The molecule has 1 aromatic carbocycles. The van der Waals surface area contributed by atoms with Crippen LogP contribution in [0.15, 0.2) is 41.1 Å². The van der Waals surface area contributed by atoms with Gasteiger partial charge in [0.1, 0.15) is 5.75 Å². The minimum Gasteiger partial charge on any atom is -0.496 e. The Morgan fingerprint density at radius 1 is 1.38 bits per heavy atom. The van der Waals surface area contributed by atoms with E-state index in [1.165, 1.54) is 0 Å². The minimum atomic E-state index is -0.212. The van der Waals surface area contributed by atoms with Crippen LogP contribution in [-0.4, -0.2) is 24.5 Å². The van der Waals surface area contributed by atoms with Gasteiger partial charge in [0, 0.05) is 24.6 Å². The number of ether oxygens (including phenoxy) is 1. The molecule has 0 aliphatic carbocycles. The predicted molar refractivity (Wildman–Crippen MR) is 87.0 cm³/mol. The van der Waals surface area contributed by atoms with Gasteiger partial charge < -0.3 is 15.4 Å². The van der Waals surface area contributed by atoms with E-state index in [0.29, 0.717) is 17.0 Å². The van der Waals surface area contributed by atoms with Crippen molar-refractivity contribution in [1.82, 2.24) is 4.98 Å². The first-order valence-electron chi connectivity index (χ1n) is 6.48. The predicted octanol–water partition coefficient (Wildman–Crippen LogP) is 3.54. The van der Waals surface area contributed by atoms with Crippen molar-refractivity contribution in [2.45, 2.75) is 6.92 Å². The van der Waals surface area contributed by atoms with Gasteiger partial charge in [0.25, 0.3) is 5.91 Å². The van der Waals surface area contributed by atoms with Crippen LogP contribution < -0.4 is 15.4 Å². The molecule has 2 aromatic rings. The number of nitrogens with zero attached hydrogens (tertiary/aromatic N) is 1. The van der Waals surface area contributed by atoms with Gasteiger partial charge >= 0.3 is 0 Å². The SMILES string of the molecule is CCNc1ccncc1C(=O)Nc1ccc(OC)c(Br)c1. The van der Waals surface area contributed by atoms with Gasteiger partial charge in [-0.25, -0.2) is 0 Å². The monoisotopic (exact) mass is 349 g/mol. The molecular weight excluding hydrogens is 334 g/mol. The molecule has 0 radical (unpaired) electrons. The second kappa shape index (κ2) is 7.08. The smallest absolute Gasteiger partial charge is 0.259 e. The van der Waals surface area contributed by atoms with Crippen LogP contribution in [0.3, 0.4) is 0 Å². The highest BCUT2D eigenvalue weighted by molar-refractivity contribution is 9.10. The Morgan fingerprint density at radius 3 is 2.86 bits per heavy atom. The number of rotatable bonds is 5. The Hall–Kier alpha value is -2.08. The van der Waals surface area contributed by atoms with E-state index >= 15 is 0 Å². The molecule has 2 rings (SSSR count). The van der Waals surface area contributed by atoms with E-state index in [-0.39, 0.29) is 5.91 Å². The fraction of sp³-hybridized carbons (Fsp3) is 0.200. The average molecular weight is 350 g/mol.